The second kappa shape index (κ2) is 11.8. The fourth-order valence-electron chi connectivity index (χ4n) is 4.48. The molecule has 2 saturated heterocycles. The van der Waals surface area contributed by atoms with Crippen LogP contribution in [0.2, 0.25) is 0 Å². The highest BCUT2D eigenvalue weighted by atomic mass is 127. The largest absolute Gasteiger partial charge is 0.380 e. The van der Waals surface area contributed by atoms with Crippen LogP contribution in [0.5, 0.6) is 0 Å². The predicted octanol–water partition coefficient (Wildman–Crippen LogP) is 3.11. The lowest BCUT2D eigenvalue weighted by Crippen LogP contribution is -2.50. The molecule has 2 aliphatic rings. The average molecular weight is 536 g/mol. The average Bonchev–Trinajstić information content (AvgIpc) is 3.21. The first-order valence-electron chi connectivity index (χ1n) is 10.7. The van der Waals surface area contributed by atoms with Crippen molar-refractivity contribution in [2.24, 2.45) is 4.99 Å². The van der Waals surface area contributed by atoms with Crippen molar-refractivity contribution < 1.29 is 9.47 Å². The molecule has 7 heteroatoms. The van der Waals surface area contributed by atoms with Crippen molar-refractivity contribution in [3.63, 3.8) is 0 Å². The lowest BCUT2D eigenvalue weighted by Gasteiger charge is -2.36. The summed E-state index contributed by atoms with van der Waals surface area (Å²) in [6, 6.07) is 19.5. The minimum absolute atomic E-state index is 0. The maximum atomic E-state index is 6.13. The highest BCUT2D eigenvalue weighted by Crippen LogP contribution is 2.24. The minimum Gasteiger partial charge on any atom is -0.380 e. The molecule has 0 radical (unpaired) electrons. The fourth-order valence-corrected chi connectivity index (χ4v) is 4.48. The predicted molar refractivity (Wildman–Crippen MR) is 135 cm³/mol. The number of fused-ring (bicyclic) bond motifs is 1. The number of rotatable bonds is 6. The van der Waals surface area contributed by atoms with Gasteiger partial charge in [0.15, 0.2) is 5.96 Å². The molecule has 0 aliphatic carbocycles. The Balaban J connectivity index is 0.00000272. The molecule has 2 aromatic carbocycles. The van der Waals surface area contributed by atoms with E-state index in [1.165, 1.54) is 16.7 Å². The third-order valence-corrected chi connectivity index (χ3v) is 6.01. The Labute approximate surface area is 202 Å². The number of likely N-dealkylation sites (tertiary alicyclic amines) is 1. The van der Waals surface area contributed by atoms with Crippen LogP contribution in [-0.4, -0.2) is 68.3 Å². The Morgan fingerprint density at radius 2 is 1.84 bits per heavy atom. The van der Waals surface area contributed by atoms with Crippen LogP contribution in [0.3, 0.4) is 0 Å². The second-order valence-electron chi connectivity index (χ2n) is 7.94. The lowest BCUT2D eigenvalue weighted by atomic mass is 10.1. The number of guanidine groups is 1. The number of hydrogen-bond donors (Lipinski definition) is 1. The third kappa shape index (κ3) is 5.97. The van der Waals surface area contributed by atoms with E-state index in [9.17, 15) is 0 Å². The van der Waals surface area contributed by atoms with Crippen molar-refractivity contribution in [2.75, 3.05) is 40.4 Å². The molecule has 2 heterocycles. The number of nitrogens with zero attached hydrogens (tertiary/aromatic N) is 3. The smallest absolute Gasteiger partial charge is 0.194 e. The summed E-state index contributed by atoms with van der Waals surface area (Å²) in [6.07, 6.45) is 0.224. The topological polar surface area (TPSA) is 49.3 Å². The monoisotopic (exact) mass is 536 g/mol. The first-order valence-corrected chi connectivity index (χ1v) is 10.7. The molecule has 0 saturated carbocycles. The zero-order valence-corrected chi connectivity index (χ0v) is 20.7. The molecule has 6 nitrogen and oxygen atoms in total. The fraction of sp³-hybridized carbons (Fsp3) is 0.458. The first-order chi connectivity index (χ1) is 14.8. The van der Waals surface area contributed by atoms with Gasteiger partial charge in [0.05, 0.1) is 25.4 Å². The SMILES string of the molecule is CN=C(NCc1ccccc1COC)N1CC2OCCN(Cc3ccccc3)C2C1.I. The van der Waals surface area contributed by atoms with Crippen LogP contribution in [0.1, 0.15) is 16.7 Å². The number of morpholine rings is 1. The van der Waals surface area contributed by atoms with Crippen LogP contribution in [0.25, 0.3) is 0 Å². The maximum absolute atomic E-state index is 6.13. The molecule has 0 amide bonds. The highest BCUT2D eigenvalue weighted by Gasteiger charge is 2.41. The van der Waals surface area contributed by atoms with Gasteiger partial charge in [0.1, 0.15) is 0 Å². The van der Waals surface area contributed by atoms with Gasteiger partial charge in [0.2, 0.25) is 0 Å². The minimum atomic E-state index is 0. The van der Waals surface area contributed by atoms with Gasteiger partial charge in [0.25, 0.3) is 0 Å². The summed E-state index contributed by atoms with van der Waals surface area (Å²) in [6.45, 7) is 5.87. The highest BCUT2D eigenvalue weighted by molar-refractivity contribution is 14.0. The second-order valence-corrected chi connectivity index (χ2v) is 7.94. The van der Waals surface area contributed by atoms with Gasteiger partial charge in [-0.3, -0.25) is 9.89 Å². The number of ether oxygens (including phenoxy) is 2. The Morgan fingerprint density at radius 3 is 2.58 bits per heavy atom. The van der Waals surface area contributed by atoms with Crippen molar-refractivity contribution in [1.29, 1.82) is 0 Å². The summed E-state index contributed by atoms with van der Waals surface area (Å²) in [5, 5.41) is 3.55. The summed E-state index contributed by atoms with van der Waals surface area (Å²) in [5.41, 5.74) is 3.79. The molecule has 0 aromatic heterocycles. The molecule has 2 aromatic rings. The summed E-state index contributed by atoms with van der Waals surface area (Å²) in [7, 11) is 3.59. The normalized spacial score (nSPS) is 21.5. The molecule has 1 N–H and O–H groups in total. The van der Waals surface area contributed by atoms with Crippen LogP contribution >= 0.6 is 24.0 Å². The summed E-state index contributed by atoms with van der Waals surface area (Å²) in [4.78, 5) is 9.44. The van der Waals surface area contributed by atoms with Crippen LogP contribution < -0.4 is 5.32 Å². The zero-order valence-electron chi connectivity index (χ0n) is 18.4. The van der Waals surface area contributed by atoms with E-state index in [0.717, 1.165) is 45.3 Å². The summed E-state index contributed by atoms with van der Waals surface area (Å²) >= 11 is 0. The number of aliphatic imine (C=N–C) groups is 1. The van der Waals surface area contributed by atoms with Gasteiger partial charge in [-0.2, -0.15) is 0 Å². The van der Waals surface area contributed by atoms with Crippen LogP contribution in [0.15, 0.2) is 59.6 Å². The molecule has 168 valence electrons. The van der Waals surface area contributed by atoms with Crippen molar-refractivity contribution in [3.8, 4) is 0 Å². The van der Waals surface area contributed by atoms with E-state index in [1.807, 2.05) is 7.05 Å². The van der Waals surface area contributed by atoms with Gasteiger partial charge in [-0.25, -0.2) is 0 Å². The molecule has 0 bridgehead atoms. The van der Waals surface area contributed by atoms with E-state index < -0.39 is 0 Å². The molecular formula is C24H33IN4O2. The molecule has 31 heavy (non-hydrogen) atoms. The van der Waals surface area contributed by atoms with E-state index in [-0.39, 0.29) is 30.1 Å². The molecule has 2 fully saturated rings. The zero-order chi connectivity index (χ0) is 20.8. The molecule has 0 spiro atoms. The van der Waals surface area contributed by atoms with Crippen LogP contribution in [-0.2, 0) is 29.2 Å². The van der Waals surface area contributed by atoms with Gasteiger partial charge in [-0.1, -0.05) is 54.6 Å². The molecule has 2 aliphatic heterocycles. The number of benzene rings is 2. The van der Waals surface area contributed by atoms with Crippen molar-refractivity contribution in [3.05, 3.63) is 71.3 Å². The van der Waals surface area contributed by atoms with Crippen molar-refractivity contribution >= 4 is 29.9 Å². The van der Waals surface area contributed by atoms with E-state index in [2.05, 4.69) is 74.7 Å². The number of nitrogens with one attached hydrogen (secondary N) is 1. The van der Waals surface area contributed by atoms with Gasteiger partial charge in [0, 0.05) is 46.9 Å². The Hall–Kier alpha value is -1.68. The van der Waals surface area contributed by atoms with Gasteiger partial charge in [-0.15, -0.1) is 24.0 Å². The standard InChI is InChI=1S/C24H32N4O2.HI/c1-25-24(26-14-20-10-6-7-11-21(20)18-29-2)28-16-22-23(17-28)30-13-12-27(22)15-19-8-4-3-5-9-19;/h3-11,22-23H,12-18H2,1-2H3,(H,25,26);1H. The van der Waals surface area contributed by atoms with Crippen LogP contribution in [0, 0.1) is 0 Å². The van der Waals surface area contributed by atoms with Gasteiger partial charge >= 0.3 is 0 Å². The molecular weight excluding hydrogens is 503 g/mol. The first kappa shape index (κ1) is 24.0. The van der Waals surface area contributed by atoms with E-state index in [4.69, 9.17) is 9.47 Å². The quantitative estimate of drug-likeness (QED) is 0.350. The molecule has 4 rings (SSSR count). The summed E-state index contributed by atoms with van der Waals surface area (Å²) < 4.78 is 11.5. The number of methoxy groups -OCH3 is 1. The van der Waals surface area contributed by atoms with E-state index >= 15 is 0 Å². The van der Waals surface area contributed by atoms with Gasteiger partial charge < -0.3 is 19.7 Å². The Kier molecular flexibility index (Phi) is 9.13. The van der Waals surface area contributed by atoms with E-state index in [1.54, 1.807) is 7.11 Å². The van der Waals surface area contributed by atoms with E-state index in [0.29, 0.717) is 12.6 Å². The molecule has 2 atom stereocenters. The summed E-state index contributed by atoms with van der Waals surface area (Å²) in [5.74, 6) is 0.930. The maximum Gasteiger partial charge on any atom is 0.194 e. The number of halogens is 1. The van der Waals surface area contributed by atoms with Gasteiger partial charge in [-0.05, 0) is 16.7 Å². The van der Waals surface area contributed by atoms with Crippen molar-refractivity contribution in [1.82, 2.24) is 15.1 Å². The van der Waals surface area contributed by atoms with Crippen molar-refractivity contribution in [2.45, 2.75) is 31.8 Å². The Bertz CT molecular complexity index is 848. The lowest BCUT2D eigenvalue weighted by molar-refractivity contribution is -0.0502. The number of hydrogen-bond acceptors (Lipinski definition) is 4. The third-order valence-electron chi connectivity index (χ3n) is 6.01. The molecule has 2 unspecified atom stereocenters. The Morgan fingerprint density at radius 1 is 1.10 bits per heavy atom. The van der Waals surface area contributed by atoms with Crippen LogP contribution in [0.4, 0.5) is 0 Å².